The topological polar surface area (TPSA) is 86.9 Å². The first-order chi connectivity index (χ1) is 7.58. The smallest absolute Gasteiger partial charge is 0.271 e. The SMILES string of the molecule is NC(=O)c1nn(-c2ccc(Br)cc2)cc1N. The highest BCUT2D eigenvalue weighted by Crippen LogP contribution is 2.16. The summed E-state index contributed by atoms with van der Waals surface area (Å²) in [4.78, 5) is 11.0. The summed E-state index contributed by atoms with van der Waals surface area (Å²) in [5.41, 5.74) is 11.9. The van der Waals surface area contributed by atoms with E-state index in [1.165, 1.54) is 4.68 Å². The molecular formula is C10H9BrN4O. The fraction of sp³-hybridized carbons (Fsp3) is 0. The van der Waals surface area contributed by atoms with Crippen LogP contribution in [-0.4, -0.2) is 15.7 Å². The van der Waals surface area contributed by atoms with Crippen LogP contribution in [0.1, 0.15) is 10.5 Å². The summed E-state index contributed by atoms with van der Waals surface area (Å²) < 4.78 is 2.48. The van der Waals surface area contributed by atoms with Crippen molar-refractivity contribution in [2.24, 2.45) is 5.73 Å². The first-order valence-corrected chi connectivity index (χ1v) is 5.28. The van der Waals surface area contributed by atoms with Crippen LogP contribution in [0.2, 0.25) is 0 Å². The number of benzene rings is 1. The minimum absolute atomic E-state index is 0.0860. The third-order valence-corrected chi connectivity index (χ3v) is 2.60. The summed E-state index contributed by atoms with van der Waals surface area (Å²) in [6.07, 6.45) is 1.56. The Hall–Kier alpha value is -1.82. The largest absolute Gasteiger partial charge is 0.396 e. The minimum atomic E-state index is -0.631. The first kappa shape index (κ1) is 10.7. The molecule has 0 saturated heterocycles. The predicted octanol–water partition coefficient (Wildman–Crippen LogP) is 1.32. The van der Waals surface area contributed by atoms with E-state index in [4.69, 9.17) is 11.5 Å². The van der Waals surface area contributed by atoms with E-state index < -0.39 is 5.91 Å². The van der Waals surface area contributed by atoms with Gasteiger partial charge in [0.15, 0.2) is 5.69 Å². The number of carbonyl (C=O) groups excluding carboxylic acids is 1. The zero-order valence-electron chi connectivity index (χ0n) is 8.22. The third-order valence-electron chi connectivity index (χ3n) is 2.07. The summed E-state index contributed by atoms with van der Waals surface area (Å²) in [6.45, 7) is 0. The van der Waals surface area contributed by atoms with Gasteiger partial charge in [-0.15, -0.1) is 0 Å². The highest BCUT2D eigenvalue weighted by atomic mass is 79.9. The Labute approximate surface area is 100 Å². The molecule has 4 N–H and O–H groups in total. The second-order valence-corrected chi connectivity index (χ2v) is 4.13. The maximum absolute atomic E-state index is 11.0. The Balaban J connectivity index is 2.45. The molecule has 0 unspecified atom stereocenters. The quantitative estimate of drug-likeness (QED) is 0.870. The van der Waals surface area contributed by atoms with Gasteiger partial charge in [-0.05, 0) is 24.3 Å². The van der Waals surface area contributed by atoms with Crippen molar-refractivity contribution in [1.29, 1.82) is 0 Å². The highest BCUT2D eigenvalue weighted by molar-refractivity contribution is 9.10. The van der Waals surface area contributed by atoms with E-state index in [1.54, 1.807) is 6.20 Å². The monoisotopic (exact) mass is 280 g/mol. The lowest BCUT2D eigenvalue weighted by atomic mass is 10.3. The molecule has 0 atom stereocenters. The van der Waals surface area contributed by atoms with Gasteiger partial charge in [-0.25, -0.2) is 4.68 Å². The fourth-order valence-corrected chi connectivity index (χ4v) is 1.57. The number of amides is 1. The van der Waals surface area contributed by atoms with E-state index in [2.05, 4.69) is 21.0 Å². The molecule has 1 aromatic heterocycles. The fourth-order valence-electron chi connectivity index (χ4n) is 1.30. The first-order valence-electron chi connectivity index (χ1n) is 4.49. The van der Waals surface area contributed by atoms with Crippen LogP contribution in [0.5, 0.6) is 0 Å². The molecule has 2 aromatic rings. The lowest BCUT2D eigenvalue weighted by molar-refractivity contribution is 0.0996. The van der Waals surface area contributed by atoms with Crippen LogP contribution in [0, 0.1) is 0 Å². The molecule has 0 bridgehead atoms. The van der Waals surface area contributed by atoms with Crippen molar-refractivity contribution >= 4 is 27.5 Å². The number of halogens is 1. The number of carbonyl (C=O) groups is 1. The van der Waals surface area contributed by atoms with Crippen LogP contribution in [0.25, 0.3) is 5.69 Å². The van der Waals surface area contributed by atoms with Gasteiger partial charge in [-0.1, -0.05) is 15.9 Å². The Morgan fingerprint density at radius 2 is 1.94 bits per heavy atom. The van der Waals surface area contributed by atoms with E-state index in [1.807, 2.05) is 24.3 Å². The van der Waals surface area contributed by atoms with Crippen molar-refractivity contribution in [1.82, 2.24) is 9.78 Å². The maximum Gasteiger partial charge on any atom is 0.271 e. The van der Waals surface area contributed by atoms with Gasteiger partial charge in [-0.2, -0.15) is 5.10 Å². The lowest BCUT2D eigenvalue weighted by Crippen LogP contribution is -2.13. The highest BCUT2D eigenvalue weighted by Gasteiger charge is 2.11. The molecule has 1 heterocycles. The summed E-state index contributed by atoms with van der Waals surface area (Å²) in [6, 6.07) is 7.44. The summed E-state index contributed by atoms with van der Waals surface area (Å²) in [5.74, 6) is -0.631. The van der Waals surface area contributed by atoms with Crippen LogP contribution >= 0.6 is 15.9 Å². The number of anilines is 1. The molecule has 6 heteroatoms. The molecule has 0 spiro atoms. The van der Waals surface area contributed by atoms with E-state index >= 15 is 0 Å². The number of nitrogen functional groups attached to an aromatic ring is 1. The van der Waals surface area contributed by atoms with Crippen molar-refractivity contribution in [3.63, 3.8) is 0 Å². The average molecular weight is 281 g/mol. The molecule has 2 rings (SSSR count). The number of nitrogens with zero attached hydrogens (tertiary/aromatic N) is 2. The number of hydrogen-bond acceptors (Lipinski definition) is 3. The second kappa shape index (κ2) is 3.97. The zero-order valence-corrected chi connectivity index (χ0v) is 9.81. The molecule has 0 aliphatic heterocycles. The van der Waals surface area contributed by atoms with E-state index in [-0.39, 0.29) is 11.4 Å². The van der Waals surface area contributed by atoms with Crippen LogP contribution in [0.3, 0.4) is 0 Å². The second-order valence-electron chi connectivity index (χ2n) is 3.22. The van der Waals surface area contributed by atoms with Crippen LogP contribution in [0.15, 0.2) is 34.9 Å². The molecule has 16 heavy (non-hydrogen) atoms. The summed E-state index contributed by atoms with van der Waals surface area (Å²) in [7, 11) is 0. The maximum atomic E-state index is 11.0. The van der Waals surface area contributed by atoms with Crippen molar-refractivity contribution in [2.45, 2.75) is 0 Å². The van der Waals surface area contributed by atoms with Gasteiger partial charge in [0.25, 0.3) is 5.91 Å². The third kappa shape index (κ3) is 1.92. The van der Waals surface area contributed by atoms with Crippen molar-refractivity contribution in [3.05, 3.63) is 40.6 Å². The van der Waals surface area contributed by atoms with Crippen molar-refractivity contribution < 1.29 is 4.79 Å². The van der Waals surface area contributed by atoms with Gasteiger partial charge in [0.2, 0.25) is 0 Å². The van der Waals surface area contributed by atoms with Gasteiger partial charge in [0.1, 0.15) is 0 Å². The van der Waals surface area contributed by atoms with Crippen molar-refractivity contribution in [3.8, 4) is 5.69 Å². The number of rotatable bonds is 2. The molecule has 0 aliphatic carbocycles. The zero-order chi connectivity index (χ0) is 11.7. The molecule has 0 fully saturated rings. The molecule has 5 nitrogen and oxygen atoms in total. The Morgan fingerprint density at radius 3 is 2.44 bits per heavy atom. The Kier molecular flexibility index (Phi) is 2.66. The Morgan fingerprint density at radius 1 is 1.31 bits per heavy atom. The van der Waals surface area contributed by atoms with Crippen LogP contribution < -0.4 is 11.5 Å². The number of nitrogens with two attached hydrogens (primary N) is 2. The van der Waals surface area contributed by atoms with Gasteiger partial charge < -0.3 is 11.5 Å². The summed E-state index contributed by atoms with van der Waals surface area (Å²) in [5, 5.41) is 4.01. The number of hydrogen-bond donors (Lipinski definition) is 2. The molecule has 1 amide bonds. The number of primary amides is 1. The van der Waals surface area contributed by atoms with Crippen LogP contribution in [0.4, 0.5) is 5.69 Å². The van der Waals surface area contributed by atoms with Gasteiger partial charge in [0, 0.05) is 4.47 Å². The molecule has 1 aromatic carbocycles. The van der Waals surface area contributed by atoms with Gasteiger partial charge in [0.05, 0.1) is 17.6 Å². The molecular weight excluding hydrogens is 272 g/mol. The average Bonchev–Trinajstić information content (AvgIpc) is 2.61. The van der Waals surface area contributed by atoms with E-state index in [0.717, 1.165) is 10.2 Å². The standard InChI is InChI=1S/C10H9BrN4O/c11-6-1-3-7(4-2-6)15-5-8(12)9(14-15)10(13)16/h1-5H,12H2,(H2,13,16). The molecule has 0 saturated carbocycles. The predicted molar refractivity (Wildman–Crippen MR) is 64.2 cm³/mol. The molecule has 0 radical (unpaired) electrons. The molecule has 82 valence electrons. The minimum Gasteiger partial charge on any atom is -0.396 e. The van der Waals surface area contributed by atoms with Crippen molar-refractivity contribution in [2.75, 3.05) is 5.73 Å². The van der Waals surface area contributed by atoms with E-state index in [9.17, 15) is 4.79 Å². The van der Waals surface area contributed by atoms with E-state index in [0.29, 0.717) is 0 Å². The van der Waals surface area contributed by atoms with Crippen LogP contribution in [-0.2, 0) is 0 Å². The Bertz CT molecular complexity index is 532. The number of aromatic nitrogens is 2. The summed E-state index contributed by atoms with van der Waals surface area (Å²) >= 11 is 3.33. The molecule has 0 aliphatic rings. The van der Waals surface area contributed by atoms with Gasteiger partial charge in [-0.3, -0.25) is 4.79 Å². The van der Waals surface area contributed by atoms with Gasteiger partial charge >= 0.3 is 0 Å². The normalized spacial score (nSPS) is 10.3. The lowest BCUT2D eigenvalue weighted by Gasteiger charge is -2.00.